The summed E-state index contributed by atoms with van der Waals surface area (Å²) < 4.78 is 0. The summed E-state index contributed by atoms with van der Waals surface area (Å²) in [5.41, 5.74) is 0. The maximum absolute atomic E-state index is 12.2. The van der Waals surface area contributed by atoms with Gasteiger partial charge in [0.15, 0.2) is 5.16 Å². The second kappa shape index (κ2) is 6.83. The van der Waals surface area contributed by atoms with Crippen LogP contribution in [0.1, 0.15) is 35.9 Å². The maximum atomic E-state index is 12.2. The molecule has 0 saturated carbocycles. The molecule has 0 bridgehead atoms. The molecular formula is C15H20N4OS2. The molecule has 1 fully saturated rings. The largest absolute Gasteiger partial charge is 0.356 e. The third-order valence-electron chi connectivity index (χ3n) is 3.70. The van der Waals surface area contributed by atoms with Crippen LogP contribution in [0.3, 0.4) is 0 Å². The van der Waals surface area contributed by atoms with Crippen molar-refractivity contribution in [2.45, 2.75) is 31.3 Å². The van der Waals surface area contributed by atoms with Crippen LogP contribution in [0.25, 0.3) is 10.2 Å². The molecular weight excluding hydrogens is 316 g/mol. The average Bonchev–Trinajstić information content (AvgIpc) is 3.20. The Kier molecular flexibility index (Phi) is 4.83. The van der Waals surface area contributed by atoms with Gasteiger partial charge in [0.05, 0.1) is 10.3 Å². The lowest BCUT2D eigenvalue weighted by atomic mass is 10.3. The predicted molar refractivity (Wildman–Crippen MR) is 93.3 cm³/mol. The maximum Gasteiger partial charge on any atom is 0.261 e. The van der Waals surface area contributed by atoms with Crippen LogP contribution in [0, 0.1) is 0 Å². The van der Waals surface area contributed by atoms with E-state index in [4.69, 9.17) is 0 Å². The van der Waals surface area contributed by atoms with Crippen LogP contribution in [0.2, 0.25) is 0 Å². The average molecular weight is 336 g/mol. The van der Waals surface area contributed by atoms with E-state index in [0.717, 1.165) is 45.6 Å². The van der Waals surface area contributed by atoms with Gasteiger partial charge in [0.2, 0.25) is 0 Å². The van der Waals surface area contributed by atoms with Crippen molar-refractivity contribution >= 4 is 45.0 Å². The second-order valence-corrected chi connectivity index (χ2v) is 7.12. The van der Waals surface area contributed by atoms with Crippen LogP contribution in [0.5, 0.6) is 0 Å². The number of rotatable bonds is 5. The van der Waals surface area contributed by atoms with Gasteiger partial charge in [-0.05, 0) is 31.6 Å². The Morgan fingerprint density at radius 2 is 2.18 bits per heavy atom. The molecule has 1 amide bonds. The first-order chi connectivity index (χ1) is 10.7. The van der Waals surface area contributed by atoms with Crippen LogP contribution >= 0.6 is 23.1 Å². The minimum Gasteiger partial charge on any atom is -0.356 e. The lowest BCUT2D eigenvalue weighted by Gasteiger charge is -2.17. The van der Waals surface area contributed by atoms with Crippen molar-refractivity contribution in [3.8, 4) is 0 Å². The van der Waals surface area contributed by atoms with Gasteiger partial charge in [0.1, 0.15) is 10.6 Å². The standard InChI is InChI=1S/C15H20N4OS2/c1-3-6-16-13(20)11-9-10-12(19-7-4-5-8-19)17-15(21-2)18-14(10)22-11/h9H,3-8H2,1-2H3,(H,16,20). The summed E-state index contributed by atoms with van der Waals surface area (Å²) in [7, 11) is 0. The van der Waals surface area contributed by atoms with Gasteiger partial charge in [-0.2, -0.15) is 0 Å². The highest BCUT2D eigenvalue weighted by Gasteiger charge is 2.21. The molecule has 2 aromatic heterocycles. The molecule has 0 unspecified atom stereocenters. The van der Waals surface area contributed by atoms with Gasteiger partial charge in [-0.25, -0.2) is 9.97 Å². The zero-order chi connectivity index (χ0) is 15.5. The van der Waals surface area contributed by atoms with Crippen molar-refractivity contribution < 1.29 is 4.79 Å². The molecule has 1 aliphatic heterocycles. The van der Waals surface area contributed by atoms with Crippen molar-refractivity contribution in [3.05, 3.63) is 10.9 Å². The smallest absolute Gasteiger partial charge is 0.261 e. The van der Waals surface area contributed by atoms with Gasteiger partial charge in [0, 0.05) is 19.6 Å². The van der Waals surface area contributed by atoms with Gasteiger partial charge in [-0.3, -0.25) is 4.79 Å². The third-order valence-corrected chi connectivity index (χ3v) is 5.28. The van der Waals surface area contributed by atoms with Gasteiger partial charge < -0.3 is 10.2 Å². The summed E-state index contributed by atoms with van der Waals surface area (Å²) in [6, 6.07) is 1.95. The molecule has 7 heteroatoms. The van der Waals surface area contributed by atoms with E-state index in [-0.39, 0.29) is 5.91 Å². The van der Waals surface area contributed by atoms with Crippen molar-refractivity contribution in [1.82, 2.24) is 15.3 Å². The van der Waals surface area contributed by atoms with E-state index in [9.17, 15) is 4.79 Å². The van der Waals surface area contributed by atoms with Crippen molar-refractivity contribution in [2.75, 3.05) is 30.8 Å². The summed E-state index contributed by atoms with van der Waals surface area (Å²) >= 11 is 3.00. The van der Waals surface area contributed by atoms with Crippen LogP contribution in [0.4, 0.5) is 5.82 Å². The second-order valence-electron chi connectivity index (χ2n) is 5.31. The number of thioether (sulfide) groups is 1. The summed E-state index contributed by atoms with van der Waals surface area (Å²) in [6.45, 7) is 4.82. The Bertz CT molecular complexity index is 679. The molecule has 1 aliphatic rings. The predicted octanol–water partition coefficient (Wildman–Crippen LogP) is 3.15. The number of hydrogen-bond acceptors (Lipinski definition) is 6. The minimum atomic E-state index is -0.0112. The topological polar surface area (TPSA) is 58.1 Å². The molecule has 1 saturated heterocycles. The summed E-state index contributed by atoms with van der Waals surface area (Å²) in [5.74, 6) is 0.973. The van der Waals surface area contributed by atoms with E-state index in [1.807, 2.05) is 19.2 Å². The number of nitrogens with zero attached hydrogens (tertiary/aromatic N) is 3. The Labute approximate surface area is 138 Å². The molecule has 0 atom stereocenters. The molecule has 3 heterocycles. The Morgan fingerprint density at radius 3 is 2.86 bits per heavy atom. The first-order valence-corrected chi connectivity index (χ1v) is 9.65. The number of carbonyl (C=O) groups is 1. The zero-order valence-electron chi connectivity index (χ0n) is 12.9. The number of fused-ring (bicyclic) bond motifs is 1. The van der Waals surface area contributed by atoms with E-state index in [1.54, 1.807) is 11.8 Å². The van der Waals surface area contributed by atoms with Gasteiger partial charge in [-0.15, -0.1) is 11.3 Å². The Morgan fingerprint density at radius 1 is 1.41 bits per heavy atom. The fraction of sp³-hybridized carbons (Fsp3) is 0.533. The van der Waals surface area contributed by atoms with E-state index in [0.29, 0.717) is 6.54 Å². The first-order valence-electron chi connectivity index (χ1n) is 7.61. The highest BCUT2D eigenvalue weighted by atomic mass is 32.2. The molecule has 0 aliphatic carbocycles. The van der Waals surface area contributed by atoms with Crippen molar-refractivity contribution in [1.29, 1.82) is 0 Å². The minimum absolute atomic E-state index is 0.0112. The van der Waals surface area contributed by atoms with Gasteiger partial charge >= 0.3 is 0 Å². The molecule has 0 aromatic carbocycles. The van der Waals surface area contributed by atoms with E-state index < -0.39 is 0 Å². The Hall–Kier alpha value is -1.34. The highest BCUT2D eigenvalue weighted by molar-refractivity contribution is 7.98. The number of amides is 1. The third kappa shape index (κ3) is 3.05. The lowest BCUT2D eigenvalue weighted by molar-refractivity contribution is 0.0958. The van der Waals surface area contributed by atoms with Crippen LogP contribution in [-0.2, 0) is 0 Å². The zero-order valence-corrected chi connectivity index (χ0v) is 14.5. The molecule has 0 spiro atoms. The lowest BCUT2D eigenvalue weighted by Crippen LogP contribution is -2.22. The van der Waals surface area contributed by atoms with E-state index in [2.05, 4.69) is 20.2 Å². The molecule has 118 valence electrons. The number of nitrogens with one attached hydrogen (secondary N) is 1. The number of carbonyl (C=O) groups excluding carboxylic acids is 1. The van der Waals surface area contributed by atoms with E-state index >= 15 is 0 Å². The SMILES string of the molecule is CCCNC(=O)c1cc2c(N3CCCC3)nc(SC)nc2s1. The monoisotopic (exact) mass is 336 g/mol. The number of anilines is 1. The highest BCUT2D eigenvalue weighted by Crippen LogP contribution is 2.34. The molecule has 1 N–H and O–H groups in total. The molecule has 2 aromatic rings. The number of thiophene rings is 1. The van der Waals surface area contributed by atoms with E-state index in [1.165, 1.54) is 24.2 Å². The quantitative estimate of drug-likeness (QED) is 0.671. The van der Waals surface area contributed by atoms with Gasteiger partial charge in [-0.1, -0.05) is 18.7 Å². The molecule has 0 radical (unpaired) electrons. The molecule has 5 nitrogen and oxygen atoms in total. The summed E-state index contributed by atoms with van der Waals surface area (Å²) in [6.07, 6.45) is 5.33. The first kappa shape index (κ1) is 15.6. The normalized spacial score (nSPS) is 14.7. The number of aromatic nitrogens is 2. The fourth-order valence-corrected chi connectivity index (χ4v) is 3.95. The Balaban J connectivity index is 2.01. The number of hydrogen-bond donors (Lipinski definition) is 1. The van der Waals surface area contributed by atoms with Crippen molar-refractivity contribution in [3.63, 3.8) is 0 Å². The van der Waals surface area contributed by atoms with Crippen LogP contribution in [-0.4, -0.2) is 41.8 Å². The van der Waals surface area contributed by atoms with Gasteiger partial charge in [0.25, 0.3) is 5.91 Å². The fourth-order valence-electron chi connectivity index (χ4n) is 2.59. The summed E-state index contributed by atoms with van der Waals surface area (Å²) in [4.78, 5) is 25.4. The molecule has 22 heavy (non-hydrogen) atoms. The molecule has 3 rings (SSSR count). The van der Waals surface area contributed by atoms with Crippen molar-refractivity contribution in [2.24, 2.45) is 0 Å². The summed E-state index contributed by atoms with van der Waals surface area (Å²) in [5, 5.41) is 4.71. The van der Waals surface area contributed by atoms with Crippen LogP contribution in [0.15, 0.2) is 11.2 Å². The van der Waals surface area contributed by atoms with Crippen LogP contribution < -0.4 is 10.2 Å².